The van der Waals surface area contributed by atoms with Gasteiger partial charge in [0.2, 0.25) is 15.9 Å². The van der Waals surface area contributed by atoms with Crippen LogP contribution in [0, 0.1) is 6.92 Å². The van der Waals surface area contributed by atoms with Gasteiger partial charge in [-0.15, -0.1) is 0 Å². The largest absolute Gasteiger partial charge is 0.482 e. The number of rotatable bonds is 7. The third-order valence-corrected chi connectivity index (χ3v) is 7.29. The van der Waals surface area contributed by atoms with Gasteiger partial charge >= 0.3 is 0 Å². The highest BCUT2D eigenvalue weighted by Crippen LogP contribution is 2.34. The third kappa shape index (κ3) is 5.11. The van der Waals surface area contributed by atoms with Gasteiger partial charge in [0.25, 0.3) is 5.91 Å². The Kier molecular flexibility index (Phi) is 6.48. The number of sulfonamides is 1. The van der Waals surface area contributed by atoms with Crippen LogP contribution >= 0.6 is 0 Å². The first kappa shape index (κ1) is 22.3. The summed E-state index contributed by atoms with van der Waals surface area (Å²) in [7, 11) is -3.74. The number of hydrogen-bond donors (Lipinski definition) is 2. The second-order valence-corrected chi connectivity index (χ2v) is 9.98. The Hall–Kier alpha value is -2.91. The van der Waals surface area contributed by atoms with Crippen LogP contribution in [-0.2, 0) is 26.2 Å². The second-order valence-electron chi connectivity index (χ2n) is 8.26. The molecule has 0 unspecified atom stereocenters. The Labute approximate surface area is 188 Å². The van der Waals surface area contributed by atoms with E-state index in [-0.39, 0.29) is 35.7 Å². The van der Waals surface area contributed by atoms with Crippen molar-refractivity contribution in [1.29, 1.82) is 0 Å². The Morgan fingerprint density at radius 2 is 1.84 bits per heavy atom. The Morgan fingerprint density at radius 1 is 1.12 bits per heavy atom. The molecule has 2 N–H and O–H groups in total. The van der Waals surface area contributed by atoms with Crippen molar-refractivity contribution >= 4 is 27.5 Å². The number of anilines is 1. The van der Waals surface area contributed by atoms with Gasteiger partial charge < -0.3 is 10.1 Å². The van der Waals surface area contributed by atoms with E-state index in [0.717, 1.165) is 36.8 Å². The fourth-order valence-corrected chi connectivity index (χ4v) is 5.28. The molecule has 32 heavy (non-hydrogen) atoms. The molecule has 2 aromatic rings. The highest BCUT2D eigenvalue weighted by Gasteiger charge is 2.30. The van der Waals surface area contributed by atoms with E-state index < -0.39 is 15.9 Å². The van der Waals surface area contributed by atoms with Crippen molar-refractivity contribution in [2.45, 2.75) is 50.1 Å². The van der Waals surface area contributed by atoms with E-state index in [1.54, 1.807) is 0 Å². The van der Waals surface area contributed by atoms with E-state index in [0.29, 0.717) is 12.3 Å². The summed E-state index contributed by atoms with van der Waals surface area (Å²) in [6, 6.07) is 12.1. The summed E-state index contributed by atoms with van der Waals surface area (Å²) in [6.07, 6.45) is 3.65. The van der Waals surface area contributed by atoms with Crippen molar-refractivity contribution in [2.24, 2.45) is 0 Å². The van der Waals surface area contributed by atoms with Gasteiger partial charge in [0, 0.05) is 12.6 Å². The fraction of sp³-hybridized carbons (Fsp3) is 0.391. The lowest BCUT2D eigenvalue weighted by Crippen LogP contribution is -2.45. The summed E-state index contributed by atoms with van der Waals surface area (Å²) >= 11 is 0. The quantitative estimate of drug-likeness (QED) is 0.664. The lowest BCUT2D eigenvalue weighted by Gasteiger charge is -2.29. The number of hydrogen-bond acceptors (Lipinski definition) is 5. The van der Waals surface area contributed by atoms with E-state index in [1.165, 1.54) is 23.1 Å². The molecule has 1 heterocycles. The topological polar surface area (TPSA) is 105 Å². The minimum Gasteiger partial charge on any atom is -0.482 e. The van der Waals surface area contributed by atoms with Gasteiger partial charge in [0.15, 0.2) is 6.61 Å². The van der Waals surface area contributed by atoms with Gasteiger partial charge in [0.1, 0.15) is 12.3 Å². The Balaban J connectivity index is 1.49. The smallest absolute Gasteiger partial charge is 0.265 e. The lowest BCUT2D eigenvalue weighted by molar-refractivity contribution is -0.125. The molecule has 8 nitrogen and oxygen atoms in total. The summed E-state index contributed by atoms with van der Waals surface area (Å²) in [5.74, 6) is -0.374. The van der Waals surface area contributed by atoms with Gasteiger partial charge in [-0.1, -0.05) is 42.7 Å². The average molecular weight is 458 g/mol. The van der Waals surface area contributed by atoms with Crippen molar-refractivity contribution in [3.63, 3.8) is 0 Å². The molecule has 0 spiro atoms. The van der Waals surface area contributed by atoms with Crippen molar-refractivity contribution in [3.05, 3.63) is 53.6 Å². The van der Waals surface area contributed by atoms with Crippen LogP contribution in [0.1, 0.15) is 36.8 Å². The van der Waals surface area contributed by atoms with Crippen molar-refractivity contribution in [1.82, 2.24) is 10.0 Å². The van der Waals surface area contributed by atoms with Crippen molar-refractivity contribution < 1.29 is 22.7 Å². The predicted octanol–water partition coefficient (Wildman–Crippen LogP) is 2.26. The van der Waals surface area contributed by atoms with E-state index in [9.17, 15) is 18.0 Å². The zero-order valence-electron chi connectivity index (χ0n) is 18.0. The monoisotopic (exact) mass is 457 g/mol. The van der Waals surface area contributed by atoms with Crippen molar-refractivity contribution in [3.8, 4) is 5.75 Å². The molecule has 0 atom stereocenters. The molecule has 2 aliphatic rings. The number of nitrogens with one attached hydrogen (secondary N) is 2. The molecule has 4 rings (SSSR count). The third-order valence-electron chi connectivity index (χ3n) is 5.77. The van der Waals surface area contributed by atoms with Crippen LogP contribution in [0.3, 0.4) is 0 Å². The molecule has 0 aromatic heterocycles. The molecule has 0 bridgehead atoms. The minimum atomic E-state index is -3.74. The molecule has 0 radical (unpaired) electrons. The van der Waals surface area contributed by atoms with E-state index in [2.05, 4.69) is 10.0 Å². The van der Waals surface area contributed by atoms with Crippen LogP contribution in [0.15, 0.2) is 47.4 Å². The molecule has 1 aliphatic carbocycles. The number of aryl methyl sites for hydroxylation is 1. The summed E-state index contributed by atoms with van der Waals surface area (Å²) in [5, 5.41) is 2.81. The van der Waals surface area contributed by atoms with Gasteiger partial charge in [-0.3, -0.25) is 14.5 Å². The highest BCUT2D eigenvalue weighted by atomic mass is 32.2. The number of benzene rings is 2. The fourth-order valence-electron chi connectivity index (χ4n) is 3.96. The molecule has 1 fully saturated rings. The number of ether oxygens (including phenoxy) is 1. The molecule has 1 aliphatic heterocycles. The number of nitrogens with zero attached hydrogens (tertiary/aromatic N) is 1. The summed E-state index contributed by atoms with van der Waals surface area (Å²) in [4.78, 5) is 26.4. The molecule has 2 amide bonds. The number of carbonyl (C=O) groups excluding carboxylic acids is 2. The van der Waals surface area contributed by atoms with Gasteiger partial charge in [-0.25, -0.2) is 13.1 Å². The maximum Gasteiger partial charge on any atom is 0.265 e. The molecule has 170 valence electrons. The summed E-state index contributed by atoms with van der Waals surface area (Å²) in [5.41, 5.74) is 2.36. The first-order valence-electron chi connectivity index (χ1n) is 10.7. The maximum absolute atomic E-state index is 12.8. The SMILES string of the molecule is Cc1ccc(CNC(=O)CN2C(=O)COc3ccc(S(=O)(=O)NC4CCCC4)cc32)cc1. The van der Waals surface area contributed by atoms with E-state index >= 15 is 0 Å². The zero-order valence-corrected chi connectivity index (χ0v) is 18.8. The maximum atomic E-state index is 12.8. The minimum absolute atomic E-state index is 0.0477. The molecule has 1 saturated carbocycles. The predicted molar refractivity (Wildman–Crippen MR) is 120 cm³/mol. The molecular weight excluding hydrogens is 430 g/mol. The molecular formula is C23H27N3O5S. The van der Waals surface area contributed by atoms with Crippen LogP contribution in [-0.4, -0.2) is 39.4 Å². The lowest BCUT2D eigenvalue weighted by atomic mass is 10.1. The number of carbonyl (C=O) groups is 2. The average Bonchev–Trinajstić information content (AvgIpc) is 3.27. The van der Waals surface area contributed by atoms with Crippen LogP contribution in [0.4, 0.5) is 5.69 Å². The molecule has 2 aromatic carbocycles. The zero-order chi connectivity index (χ0) is 22.7. The van der Waals surface area contributed by atoms with Gasteiger partial charge in [0.05, 0.1) is 10.6 Å². The van der Waals surface area contributed by atoms with Gasteiger partial charge in [-0.05, 0) is 43.5 Å². The van der Waals surface area contributed by atoms with E-state index in [4.69, 9.17) is 4.74 Å². The normalized spacial score (nSPS) is 16.5. The van der Waals surface area contributed by atoms with Crippen LogP contribution < -0.4 is 19.7 Å². The first-order valence-corrected chi connectivity index (χ1v) is 12.2. The first-order chi connectivity index (χ1) is 15.3. The molecule has 9 heteroatoms. The molecule has 0 saturated heterocycles. The summed E-state index contributed by atoms with van der Waals surface area (Å²) in [6.45, 7) is 1.90. The standard InChI is InChI=1S/C23H27N3O5S/c1-16-6-8-17(9-7-16)13-24-22(27)14-26-20-12-19(10-11-21(20)31-15-23(26)28)32(29,30)25-18-4-2-3-5-18/h6-12,18,25H,2-5,13-15H2,1H3,(H,24,27). The Bertz CT molecular complexity index is 1110. The van der Waals surface area contributed by atoms with E-state index in [1.807, 2.05) is 31.2 Å². The number of amides is 2. The summed E-state index contributed by atoms with van der Waals surface area (Å²) < 4.78 is 33.9. The van der Waals surface area contributed by atoms with Crippen LogP contribution in [0.25, 0.3) is 0 Å². The van der Waals surface area contributed by atoms with Crippen molar-refractivity contribution in [2.75, 3.05) is 18.1 Å². The Morgan fingerprint density at radius 3 is 2.56 bits per heavy atom. The highest BCUT2D eigenvalue weighted by molar-refractivity contribution is 7.89. The van der Waals surface area contributed by atoms with Crippen LogP contribution in [0.2, 0.25) is 0 Å². The van der Waals surface area contributed by atoms with Crippen LogP contribution in [0.5, 0.6) is 5.75 Å². The second kappa shape index (κ2) is 9.30. The number of fused-ring (bicyclic) bond motifs is 1. The van der Waals surface area contributed by atoms with Gasteiger partial charge in [-0.2, -0.15) is 0 Å².